The summed E-state index contributed by atoms with van der Waals surface area (Å²) in [6.07, 6.45) is -1.09. The first kappa shape index (κ1) is 15.9. The van der Waals surface area contributed by atoms with E-state index in [0.717, 1.165) is 6.08 Å². The summed E-state index contributed by atoms with van der Waals surface area (Å²) in [4.78, 5) is 11.3. The van der Waals surface area contributed by atoms with E-state index in [1.807, 2.05) is 27.7 Å². The first-order valence-corrected chi connectivity index (χ1v) is 7.37. The van der Waals surface area contributed by atoms with Crippen LogP contribution in [0.25, 0.3) is 0 Å². The molecule has 0 aromatic heterocycles. The van der Waals surface area contributed by atoms with Gasteiger partial charge in [0.05, 0.1) is 0 Å². The molecule has 0 aromatic rings. The largest absolute Gasteiger partial charge is 0.460 e. The van der Waals surface area contributed by atoms with E-state index in [1.54, 1.807) is 0 Å². The van der Waals surface area contributed by atoms with Crippen molar-refractivity contribution in [2.24, 2.45) is 0 Å². The second kappa shape index (κ2) is 5.28. The van der Waals surface area contributed by atoms with Gasteiger partial charge >= 0.3 is 5.97 Å². The van der Waals surface area contributed by atoms with E-state index >= 15 is 0 Å². The molecule has 7 nitrogen and oxygen atoms in total. The van der Waals surface area contributed by atoms with Crippen molar-refractivity contribution in [2.75, 3.05) is 6.61 Å². The van der Waals surface area contributed by atoms with E-state index in [9.17, 15) is 4.79 Å². The minimum absolute atomic E-state index is 0.0401. The first-order valence-electron chi connectivity index (χ1n) is 7.37. The van der Waals surface area contributed by atoms with E-state index in [2.05, 4.69) is 6.58 Å². The maximum absolute atomic E-state index is 11.3. The van der Waals surface area contributed by atoms with E-state index in [-0.39, 0.29) is 18.8 Å². The number of carbonyl (C=O) groups is 1. The maximum atomic E-state index is 11.3. The molecule has 3 heterocycles. The summed E-state index contributed by atoms with van der Waals surface area (Å²) in [6.45, 7) is 10.7. The number of fused-ring (bicyclic) bond motifs is 3. The molecular formula is C15H22O7. The molecule has 0 saturated carbocycles. The fourth-order valence-electron chi connectivity index (χ4n) is 3.05. The number of rotatable bonds is 3. The van der Waals surface area contributed by atoms with Gasteiger partial charge in [-0.15, -0.1) is 0 Å². The normalized spacial score (nSPS) is 41.5. The quantitative estimate of drug-likeness (QED) is 0.571. The summed E-state index contributed by atoms with van der Waals surface area (Å²) in [5, 5.41) is 0. The molecule has 3 fully saturated rings. The summed E-state index contributed by atoms with van der Waals surface area (Å²) >= 11 is 0. The monoisotopic (exact) mass is 314 g/mol. The van der Waals surface area contributed by atoms with Gasteiger partial charge in [0, 0.05) is 6.08 Å². The van der Waals surface area contributed by atoms with Gasteiger partial charge in [-0.1, -0.05) is 6.58 Å². The standard InChI is InChI=1S/C15H22O7/c1-6-9(16)17-7-8-10-11(20-14(2,3)19-10)12-13(18-8)22-15(4,5)21-12/h6,8,10-13H,1,7H2,2-5H3/t8?,10-,11-,12?,13+/m0/s1. The summed E-state index contributed by atoms with van der Waals surface area (Å²) in [6, 6.07) is 0. The Morgan fingerprint density at radius 2 is 1.64 bits per heavy atom. The fourth-order valence-corrected chi connectivity index (χ4v) is 3.05. The number of hydrogen-bond acceptors (Lipinski definition) is 7. The minimum atomic E-state index is -0.761. The second-order valence-corrected chi connectivity index (χ2v) is 6.54. The molecule has 0 aliphatic carbocycles. The highest BCUT2D eigenvalue weighted by Gasteiger charge is 2.60. The van der Waals surface area contributed by atoms with Gasteiger partial charge in [0.15, 0.2) is 17.9 Å². The van der Waals surface area contributed by atoms with Crippen LogP contribution in [-0.2, 0) is 33.2 Å². The zero-order chi connectivity index (χ0) is 16.1. The SMILES string of the molecule is C=CC(=O)OCC1O[C@@H]2OC(C)(C)OC2[C@H]2OC(C)(C)O[C@@H]12. The van der Waals surface area contributed by atoms with Crippen molar-refractivity contribution in [1.82, 2.24) is 0 Å². The van der Waals surface area contributed by atoms with Crippen molar-refractivity contribution in [1.29, 1.82) is 0 Å². The van der Waals surface area contributed by atoms with Gasteiger partial charge in [0.1, 0.15) is 31.0 Å². The van der Waals surface area contributed by atoms with Crippen LogP contribution in [0.1, 0.15) is 27.7 Å². The van der Waals surface area contributed by atoms with Crippen LogP contribution in [0.3, 0.4) is 0 Å². The average Bonchev–Trinajstić information content (AvgIpc) is 2.89. The molecular weight excluding hydrogens is 292 g/mol. The highest BCUT2D eigenvalue weighted by Crippen LogP contribution is 2.44. The molecule has 0 spiro atoms. The van der Waals surface area contributed by atoms with Gasteiger partial charge in [-0.25, -0.2) is 4.79 Å². The average molecular weight is 314 g/mol. The third-order valence-corrected chi connectivity index (χ3v) is 3.81. The van der Waals surface area contributed by atoms with Crippen molar-refractivity contribution in [2.45, 2.75) is 70.0 Å². The molecule has 0 radical (unpaired) electrons. The zero-order valence-electron chi connectivity index (χ0n) is 13.2. The Kier molecular flexibility index (Phi) is 3.81. The Labute approximate surface area is 129 Å². The van der Waals surface area contributed by atoms with Crippen molar-refractivity contribution in [3.8, 4) is 0 Å². The van der Waals surface area contributed by atoms with Gasteiger partial charge in [0.2, 0.25) is 0 Å². The summed E-state index contributed by atoms with van der Waals surface area (Å²) in [5.74, 6) is -2.03. The van der Waals surface area contributed by atoms with Crippen molar-refractivity contribution >= 4 is 5.97 Å². The van der Waals surface area contributed by atoms with Crippen LogP contribution in [-0.4, -0.2) is 54.9 Å². The number of carbonyl (C=O) groups excluding carboxylic acids is 1. The Balaban J connectivity index is 1.77. The van der Waals surface area contributed by atoms with Gasteiger partial charge in [-0.3, -0.25) is 0 Å². The Morgan fingerprint density at radius 1 is 1.05 bits per heavy atom. The molecule has 0 aromatic carbocycles. The molecule has 124 valence electrons. The molecule has 2 unspecified atom stereocenters. The predicted molar refractivity (Wildman–Crippen MR) is 73.7 cm³/mol. The fraction of sp³-hybridized carbons (Fsp3) is 0.800. The van der Waals surface area contributed by atoms with Gasteiger partial charge in [0.25, 0.3) is 0 Å². The molecule has 0 amide bonds. The molecule has 22 heavy (non-hydrogen) atoms. The predicted octanol–water partition coefficient (Wildman–Crippen LogP) is 1.11. The van der Waals surface area contributed by atoms with Crippen LogP contribution in [0.4, 0.5) is 0 Å². The summed E-state index contributed by atoms with van der Waals surface area (Å²) in [5.41, 5.74) is 0. The Morgan fingerprint density at radius 3 is 2.32 bits per heavy atom. The van der Waals surface area contributed by atoms with Crippen LogP contribution in [0.2, 0.25) is 0 Å². The minimum Gasteiger partial charge on any atom is -0.460 e. The lowest BCUT2D eigenvalue weighted by molar-refractivity contribution is -0.242. The van der Waals surface area contributed by atoms with Crippen LogP contribution in [0, 0.1) is 0 Å². The van der Waals surface area contributed by atoms with Crippen LogP contribution in [0.15, 0.2) is 12.7 Å². The second-order valence-electron chi connectivity index (χ2n) is 6.54. The van der Waals surface area contributed by atoms with E-state index in [1.165, 1.54) is 0 Å². The van der Waals surface area contributed by atoms with Gasteiger partial charge in [-0.05, 0) is 27.7 Å². The van der Waals surface area contributed by atoms with Crippen molar-refractivity contribution in [3.63, 3.8) is 0 Å². The third-order valence-electron chi connectivity index (χ3n) is 3.81. The first-order chi connectivity index (χ1) is 10.2. The van der Waals surface area contributed by atoms with Crippen LogP contribution < -0.4 is 0 Å². The van der Waals surface area contributed by atoms with Gasteiger partial charge in [-0.2, -0.15) is 0 Å². The smallest absolute Gasteiger partial charge is 0.330 e. The van der Waals surface area contributed by atoms with Crippen LogP contribution >= 0.6 is 0 Å². The summed E-state index contributed by atoms with van der Waals surface area (Å²) < 4.78 is 34.5. The molecule has 0 bridgehead atoms. The zero-order valence-corrected chi connectivity index (χ0v) is 13.2. The molecule has 3 aliphatic rings. The molecule has 3 rings (SSSR count). The van der Waals surface area contributed by atoms with Crippen LogP contribution in [0.5, 0.6) is 0 Å². The maximum Gasteiger partial charge on any atom is 0.330 e. The lowest BCUT2D eigenvalue weighted by Gasteiger charge is -2.36. The number of esters is 1. The molecule has 5 atom stereocenters. The summed E-state index contributed by atoms with van der Waals surface area (Å²) in [7, 11) is 0. The van der Waals surface area contributed by atoms with Gasteiger partial charge < -0.3 is 28.4 Å². The van der Waals surface area contributed by atoms with Crippen molar-refractivity contribution < 1.29 is 33.2 Å². The van der Waals surface area contributed by atoms with Crippen molar-refractivity contribution in [3.05, 3.63) is 12.7 Å². The molecule has 3 aliphatic heterocycles. The molecule has 0 N–H and O–H groups in total. The molecule has 3 saturated heterocycles. The number of hydrogen-bond donors (Lipinski definition) is 0. The number of ether oxygens (including phenoxy) is 6. The highest BCUT2D eigenvalue weighted by molar-refractivity contribution is 5.81. The highest BCUT2D eigenvalue weighted by atomic mass is 16.9. The van der Waals surface area contributed by atoms with E-state index in [0.29, 0.717) is 0 Å². The Hall–Kier alpha value is -0.990. The van der Waals surface area contributed by atoms with E-state index in [4.69, 9.17) is 28.4 Å². The Bertz CT molecular complexity index is 473. The third kappa shape index (κ3) is 2.91. The topological polar surface area (TPSA) is 72.5 Å². The van der Waals surface area contributed by atoms with E-state index < -0.39 is 36.0 Å². The lowest BCUT2D eigenvalue weighted by Crippen LogP contribution is -2.56. The molecule has 7 heteroatoms. The lowest BCUT2D eigenvalue weighted by atomic mass is 9.99.